The van der Waals surface area contributed by atoms with Crippen LogP contribution < -0.4 is 16.4 Å². The molecule has 11 N–H and O–H groups in total. The summed E-state index contributed by atoms with van der Waals surface area (Å²) < 4.78 is 61.0. The molecular formula is C22H34N7O18P3S. The van der Waals surface area contributed by atoms with E-state index in [0.717, 1.165) is 35.9 Å². The van der Waals surface area contributed by atoms with E-state index in [4.69, 9.17) is 15.6 Å². The number of nitrogens with one attached hydrogen (secondary N) is 2. The van der Waals surface area contributed by atoms with Gasteiger partial charge in [-0.05, 0) is 12.5 Å². The Kier molecular flexibility index (Phi) is 15.2. The third kappa shape index (κ3) is 12.9. The minimum Gasteiger partial charge on any atom is -0.412 e. The van der Waals surface area contributed by atoms with Crippen molar-refractivity contribution in [1.29, 1.82) is 0 Å². The third-order valence-corrected chi connectivity index (χ3v) is 10.2. The van der Waals surface area contributed by atoms with Crippen LogP contribution in [0.2, 0.25) is 0 Å². The molecule has 0 spiro atoms. The first-order valence-corrected chi connectivity index (χ1v) is 19.6. The van der Waals surface area contributed by atoms with Gasteiger partial charge in [0.05, 0.1) is 19.2 Å². The summed E-state index contributed by atoms with van der Waals surface area (Å²) >= 11 is 0.814. The number of hydrogen-bond donors (Lipinski definition) is 10. The van der Waals surface area contributed by atoms with Crippen LogP contribution in [0.1, 0.15) is 19.6 Å². The average molecular weight is 810 g/mol. The first-order valence-electron chi connectivity index (χ1n) is 14.1. The van der Waals surface area contributed by atoms with Crippen molar-refractivity contribution in [2.75, 3.05) is 37.8 Å². The number of phosphoric ester groups is 3. The van der Waals surface area contributed by atoms with Gasteiger partial charge in [0.1, 0.15) is 36.8 Å². The number of anilines is 1. The number of rotatable bonds is 19. The lowest BCUT2D eigenvalue weighted by Crippen LogP contribution is -2.38. The van der Waals surface area contributed by atoms with E-state index in [-0.39, 0.29) is 42.2 Å². The maximum Gasteiger partial charge on any atom is 0.535 e. The fraction of sp³-hybridized carbons (Fsp3) is 0.545. The fourth-order valence-corrected chi connectivity index (χ4v) is 7.20. The van der Waals surface area contributed by atoms with E-state index in [1.54, 1.807) is 0 Å². The fourth-order valence-electron chi connectivity index (χ4n) is 4.08. The number of imidazole rings is 1. The molecule has 29 heteroatoms. The molecule has 2 aromatic heterocycles. The van der Waals surface area contributed by atoms with Crippen molar-refractivity contribution in [3.05, 3.63) is 24.5 Å². The maximum atomic E-state index is 12.5. The summed E-state index contributed by atoms with van der Waals surface area (Å²) in [4.78, 5) is 85.4. The first kappa shape index (κ1) is 42.5. The highest BCUT2D eigenvalue weighted by Crippen LogP contribution is 2.61. The van der Waals surface area contributed by atoms with Crippen molar-refractivity contribution in [3.8, 4) is 0 Å². The molecule has 25 nitrogen and oxygen atoms in total. The van der Waals surface area contributed by atoms with E-state index >= 15 is 0 Å². The Morgan fingerprint density at radius 2 is 1.82 bits per heavy atom. The minimum absolute atomic E-state index is 0.0211. The number of aliphatic hydroxyl groups excluding tert-OH is 3. The smallest absolute Gasteiger partial charge is 0.412 e. The second-order valence-electron chi connectivity index (χ2n) is 10.2. The highest BCUT2D eigenvalue weighted by Gasteiger charge is 2.50. The quantitative estimate of drug-likeness (QED) is 0.0399. The Bertz CT molecular complexity index is 1740. The summed E-state index contributed by atoms with van der Waals surface area (Å²) in [7, 11) is -16.4. The van der Waals surface area contributed by atoms with Crippen LogP contribution in [0.15, 0.2) is 24.5 Å². The van der Waals surface area contributed by atoms with Gasteiger partial charge in [-0.25, -0.2) is 28.6 Å². The Morgan fingerprint density at radius 3 is 2.49 bits per heavy atom. The summed E-state index contributed by atoms with van der Waals surface area (Å²) in [6.45, 7) is -0.834. The third-order valence-electron chi connectivity index (χ3n) is 6.36. The highest BCUT2D eigenvalue weighted by atomic mass is 32.2. The minimum atomic E-state index is -5.58. The van der Waals surface area contributed by atoms with Gasteiger partial charge in [0.2, 0.25) is 11.0 Å². The van der Waals surface area contributed by atoms with Gasteiger partial charge in [-0.1, -0.05) is 11.8 Å². The van der Waals surface area contributed by atoms with Crippen LogP contribution in [0.4, 0.5) is 5.82 Å². The topological polar surface area (TPSA) is 384 Å². The summed E-state index contributed by atoms with van der Waals surface area (Å²) in [6.07, 6.45) is -6.74. The van der Waals surface area contributed by atoms with Gasteiger partial charge in [-0.2, -0.15) is 4.31 Å². The molecule has 2 amide bonds. The van der Waals surface area contributed by atoms with Gasteiger partial charge in [0, 0.05) is 25.3 Å². The van der Waals surface area contributed by atoms with Crippen LogP contribution in [0.5, 0.6) is 0 Å². The summed E-state index contributed by atoms with van der Waals surface area (Å²) in [5, 5.41) is 33.8. The lowest BCUT2D eigenvalue weighted by Gasteiger charge is -2.22. The molecule has 0 radical (unpaired) electrons. The molecule has 2 aromatic rings. The summed E-state index contributed by atoms with van der Waals surface area (Å²) in [5.74, 6) is -1.40. The predicted molar refractivity (Wildman–Crippen MR) is 169 cm³/mol. The number of aromatic nitrogens is 4. The molecule has 0 saturated carbocycles. The number of fused-ring (bicyclic) bond motifs is 1. The monoisotopic (exact) mass is 809 g/mol. The van der Waals surface area contributed by atoms with Crippen LogP contribution in [0, 0.1) is 0 Å². The molecule has 3 heterocycles. The molecule has 286 valence electrons. The van der Waals surface area contributed by atoms with Gasteiger partial charge in [-0.15, -0.1) is 0 Å². The van der Waals surface area contributed by atoms with E-state index in [1.165, 1.54) is 0 Å². The van der Waals surface area contributed by atoms with Crippen LogP contribution in [-0.4, -0.2) is 128 Å². The highest BCUT2D eigenvalue weighted by molar-refractivity contribution is 8.13. The number of carbonyl (C=O) groups is 3. The maximum absolute atomic E-state index is 12.5. The van der Waals surface area contributed by atoms with Crippen molar-refractivity contribution >= 4 is 69.1 Å². The predicted octanol–water partition coefficient (Wildman–Crippen LogP) is -2.47. The van der Waals surface area contributed by atoms with Crippen molar-refractivity contribution in [2.45, 2.75) is 44.0 Å². The van der Waals surface area contributed by atoms with Gasteiger partial charge in [0.15, 0.2) is 23.8 Å². The molecule has 7 unspecified atom stereocenters. The van der Waals surface area contributed by atoms with Crippen LogP contribution >= 0.6 is 35.2 Å². The molecule has 0 bridgehead atoms. The molecule has 0 aliphatic carbocycles. The van der Waals surface area contributed by atoms with Crippen molar-refractivity contribution in [1.82, 2.24) is 30.2 Å². The zero-order valence-electron chi connectivity index (χ0n) is 26.1. The standard InChI is InChI=1S/C22H34N7O18P3S/c1-11(16(33)21(35)25-3-2-13(31)24-4-5-51-14(32)6-30)7-43-49(39,40)47-50(41,42)44-8-12-18(46-48(36,37)38)17(34)22(45-12)29-10-28-15-19(23)26-9-27-20(15)29/h7,9-10,12,16-18,22,30,33-34H,2-6,8H2,1H3,(H,24,31)(H,25,35)(H,39,40)(H,41,42)(H2,23,26,27)(H2,36,37,38)/b11-7+. The van der Waals surface area contributed by atoms with Crippen molar-refractivity contribution < 1.29 is 85.6 Å². The number of nitrogens with zero attached hydrogens (tertiary/aromatic N) is 4. The van der Waals surface area contributed by atoms with E-state index in [1.807, 2.05) is 0 Å². The normalized spacial score (nSPS) is 22.5. The van der Waals surface area contributed by atoms with Crippen LogP contribution in [0.25, 0.3) is 11.2 Å². The number of amides is 2. The summed E-state index contributed by atoms with van der Waals surface area (Å²) in [5.41, 5.74) is 5.44. The van der Waals surface area contributed by atoms with Gasteiger partial charge >= 0.3 is 23.5 Å². The molecule has 7 atom stereocenters. The number of phosphoric acid groups is 3. The van der Waals surface area contributed by atoms with E-state index in [2.05, 4.69) is 43.5 Å². The van der Waals surface area contributed by atoms with Gasteiger partial charge in [0.25, 0.3) is 5.91 Å². The number of aliphatic hydroxyl groups is 3. The number of thioether (sulfide) groups is 1. The summed E-state index contributed by atoms with van der Waals surface area (Å²) in [6, 6.07) is 0. The SMILES string of the molecule is C/C(=C\OP(=O)(O)OP(=O)(O)OCC1OC(n2cnc3c(N)ncnc32)C(O)C1OP(=O)(O)O)C(O)C(=O)NCCC(=O)NCCSC(=O)CO. The second kappa shape index (κ2) is 18.2. The van der Waals surface area contributed by atoms with Crippen molar-refractivity contribution in [2.24, 2.45) is 0 Å². The van der Waals surface area contributed by atoms with Crippen LogP contribution in [-0.2, 0) is 50.7 Å². The molecule has 1 aliphatic heterocycles. The molecule has 0 aromatic carbocycles. The number of carbonyl (C=O) groups excluding carboxylic acids is 3. The first-order chi connectivity index (χ1) is 23.7. The van der Waals surface area contributed by atoms with E-state index in [0.29, 0.717) is 6.26 Å². The van der Waals surface area contributed by atoms with Gasteiger partial charge < -0.3 is 55.6 Å². The Morgan fingerprint density at radius 1 is 1.12 bits per heavy atom. The van der Waals surface area contributed by atoms with Crippen molar-refractivity contribution in [3.63, 3.8) is 0 Å². The zero-order valence-corrected chi connectivity index (χ0v) is 29.6. The van der Waals surface area contributed by atoms with E-state index < -0.39 is 89.8 Å². The zero-order chi connectivity index (χ0) is 38.1. The van der Waals surface area contributed by atoms with Gasteiger partial charge in [-0.3, -0.25) is 32.9 Å². The largest absolute Gasteiger partial charge is 0.535 e. The second-order valence-corrected chi connectivity index (χ2v) is 15.5. The molecule has 1 saturated heterocycles. The van der Waals surface area contributed by atoms with Crippen LogP contribution in [0.3, 0.4) is 0 Å². The molecule has 51 heavy (non-hydrogen) atoms. The Balaban J connectivity index is 1.54. The lowest BCUT2D eigenvalue weighted by molar-refractivity contribution is -0.127. The number of hydrogen-bond acceptors (Lipinski definition) is 19. The Labute approximate surface area is 291 Å². The molecular weight excluding hydrogens is 775 g/mol. The number of nitrogens with two attached hydrogens (primary N) is 1. The van der Waals surface area contributed by atoms with E-state index in [9.17, 15) is 57.9 Å². The number of nitrogen functional groups attached to an aromatic ring is 1. The molecule has 1 fully saturated rings. The average Bonchev–Trinajstić information content (AvgIpc) is 3.60. The molecule has 3 rings (SSSR count). The lowest BCUT2D eigenvalue weighted by atomic mass is 10.1. The Hall–Kier alpha value is -2.90. The number of ether oxygens (including phenoxy) is 1. The molecule has 1 aliphatic rings.